The summed E-state index contributed by atoms with van der Waals surface area (Å²) in [6.07, 6.45) is 0.720. The third-order valence-corrected chi connectivity index (χ3v) is 5.65. The number of nitrogens with zero attached hydrogens (tertiary/aromatic N) is 2. The second-order valence-corrected chi connectivity index (χ2v) is 8.92. The minimum Gasteiger partial charge on any atom is -0.495 e. The number of hydrogen-bond donors (Lipinski definition) is 3. The number of carbonyl (C=O) groups excluding carboxylic acids is 1. The molecule has 0 aliphatic heterocycles. The number of aromatic amines is 1. The van der Waals surface area contributed by atoms with Crippen LogP contribution in [0.4, 0.5) is 17.2 Å². The number of anilines is 3. The van der Waals surface area contributed by atoms with E-state index in [9.17, 15) is 14.4 Å². The van der Waals surface area contributed by atoms with E-state index in [1.165, 1.54) is 11.7 Å². The highest BCUT2D eigenvalue weighted by atomic mass is 16.5. The molecule has 0 fully saturated rings. The standard InChI is InChI=1S/C26H33N5O4/c1-17(2)12-13-30(16-22(32)28-20-14-18(3)10-11-21(20)35-4)23-24(27)31(26(34)29-25(23)33)15-19-8-6-5-7-9-19/h5-11,14,17H,12-13,15-16,27H2,1-4H3,(H,28,32)(H,29,33,34). The van der Waals surface area contributed by atoms with E-state index in [-0.39, 0.29) is 30.5 Å². The van der Waals surface area contributed by atoms with Gasteiger partial charge in [0.2, 0.25) is 5.91 Å². The Balaban J connectivity index is 1.95. The molecule has 3 rings (SSSR count). The van der Waals surface area contributed by atoms with Crippen LogP contribution >= 0.6 is 0 Å². The van der Waals surface area contributed by atoms with Crippen molar-refractivity contribution in [3.63, 3.8) is 0 Å². The van der Waals surface area contributed by atoms with Crippen molar-refractivity contribution in [1.29, 1.82) is 0 Å². The third-order valence-electron chi connectivity index (χ3n) is 5.65. The van der Waals surface area contributed by atoms with Crippen molar-refractivity contribution < 1.29 is 9.53 Å². The lowest BCUT2D eigenvalue weighted by Crippen LogP contribution is -2.42. The lowest BCUT2D eigenvalue weighted by Gasteiger charge is -2.26. The quantitative estimate of drug-likeness (QED) is 0.411. The highest BCUT2D eigenvalue weighted by molar-refractivity contribution is 5.95. The van der Waals surface area contributed by atoms with E-state index in [2.05, 4.69) is 24.1 Å². The van der Waals surface area contributed by atoms with Crippen molar-refractivity contribution in [3.05, 3.63) is 80.5 Å². The van der Waals surface area contributed by atoms with Gasteiger partial charge in [0.1, 0.15) is 17.3 Å². The predicted octanol–water partition coefficient (Wildman–Crippen LogP) is 2.98. The fourth-order valence-corrected chi connectivity index (χ4v) is 3.77. The van der Waals surface area contributed by atoms with Gasteiger partial charge in [0, 0.05) is 6.54 Å². The Bertz CT molecular complexity index is 1280. The number of H-pyrrole nitrogens is 1. The molecule has 9 nitrogen and oxygen atoms in total. The molecular formula is C26H33N5O4. The molecule has 35 heavy (non-hydrogen) atoms. The van der Waals surface area contributed by atoms with Crippen LogP contribution in [-0.2, 0) is 11.3 Å². The molecular weight excluding hydrogens is 446 g/mol. The number of nitrogen functional groups attached to an aromatic ring is 1. The highest BCUT2D eigenvalue weighted by Crippen LogP contribution is 2.25. The maximum absolute atomic E-state index is 13.1. The van der Waals surface area contributed by atoms with E-state index in [0.29, 0.717) is 23.9 Å². The summed E-state index contributed by atoms with van der Waals surface area (Å²) in [5.74, 6) is 0.545. The van der Waals surface area contributed by atoms with E-state index < -0.39 is 11.2 Å². The Morgan fingerprint density at radius 1 is 1.17 bits per heavy atom. The van der Waals surface area contributed by atoms with Crippen molar-refractivity contribution in [3.8, 4) is 5.75 Å². The van der Waals surface area contributed by atoms with E-state index >= 15 is 0 Å². The number of aryl methyl sites for hydroxylation is 1. The summed E-state index contributed by atoms with van der Waals surface area (Å²) in [5, 5.41) is 2.87. The van der Waals surface area contributed by atoms with E-state index in [0.717, 1.165) is 17.5 Å². The van der Waals surface area contributed by atoms with Gasteiger partial charge in [-0.3, -0.25) is 19.1 Å². The van der Waals surface area contributed by atoms with E-state index in [4.69, 9.17) is 10.5 Å². The molecule has 0 saturated carbocycles. The van der Waals surface area contributed by atoms with Crippen LogP contribution in [0, 0.1) is 12.8 Å². The van der Waals surface area contributed by atoms with Crippen LogP contribution in [0.15, 0.2) is 58.1 Å². The Hall–Kier alpha value is -4.01. The summed E-state index contributed by atoms with van der Waals surface area (Å²) in [4.78, 5) is 42.5. The average Bonchev–Trinajstić information content (AvgIpc) is 2.80. The van der Waals surface area contributed by atoms with Crippen molar-refractivity contribution in [2.45, 2.75) is 33.7 Å². The number of nitrogens with one attached hydrogen (secondary N) is 2. The molecule has 186 valence electrons. The van der Waals surface area contributed by atoms with Crippen LogP contribution in [0.2, 0.25) is 0 Å². The number of amides is 1. The summed E-state index contributed by atoms with van der Waals surface area (Å²) in [6, 6.07) is 14.8. The van der Waals surface area contributed by atoms with Gasteiger partial charge in [-0.15, -0.1) is 0 Å². The molecule has 1 amide bonds. The zero-order valence-corrected chi connectivity index (χ0v) is 20.6. The molecule has 0 saturated heterocycles. The molecule has 0 bridgehead atoms. The number of methoxy groups -OCH3 is 1. The molecule has 4 N–H and O–H groups in total. The number of hydrogen-bond acceptors (Lipinski definition) is 6. The zero-order chi connectivity index (χ0) is 25.5. The van der Waals surface area contributed by atoms with Crippen molar-refractivity contribution in [2.24, 2.45) is 5.92 Å². The van der Waals surface area contributed by atoms with Crippen LogP contribution in [0.3, 0.4) is 0 Å². The Kier molecular flexibility index (Phi) is 8.35. The molecule has 1 heterocycles. The SMILES string of the molecule is COc1ccc(C)cc1NC(=O)CN(CCC(C)C)c1c(N)n(Cc2ccccc2)c(=O)[nH]c1=O. The topological polar surface area (TPSA) is 122 Å². The number of aromatic nitrogens is 2. The fourth-order valence-electron chi connectivity index (χ4n) is 3.77. The second kappa shape index (κ2) is 11.4. The molecule has 0 radical (unpaired) electrons. The maximum Gasteiger partial charge on any atom is 0.330 e. The number of rotatable bonds is 10. The lowest BCUT2D eigenvalue weighted by atomic mass is 10.1. The normalized spacial score (nSPS) is 10.9. The van der Waals surface area contributed by atoms with Gasteiger partial charge in [0.25, 0.3) is 5.56 Å². The van der Waals surface area contributed by atoms with Gasteiger partial charge < -0.3 is 20.7 Å². The number of carbonyl (C=O) groups is 1. The van der Waals surface area contributed by atoms with Crippen LogP contribution in [0.1, 0.15) is 31.4 Å². The van der Waals surface area contributed by atoms with Gasteiger partial charge in [-0.05, 0) is 42.5 Å². The highest BCUT2D eigenvalue weighted by Gasteiger charge is 2.22. The second-order valence-electron chi connectivity index (χ2n) is 8.92. The largest absolute Gasteiger partial charge is 0.495 e. The molecule has 0 atom stereocenters. The monoisotopic (exact) mass is 479 g/mol. The van der Waals surface area contributed by atoms with Gasteiger partial charge >= 0.3 is 5.69 Å². The summed E-state index contributed by atoms with van der Waals surface area (Å²) in [5.41, 5.74) is 7.63. The molecule has 3 aromatic rings. The van der Waals surface area contributed by atoms with Gasteiger partial charge in [-0.2, -0.15) is 0 Å². The van der Waals surface area contributed by atoms with Crippen LogP contribution in [0.25, 0.3) is 0 Å². The fraction of sp³-hybridized carbons (Fsp3) is 0.346. The first-order valence-electron chi connectivity index (χ1n) is 11.6. The van der Waals surface area contributed by atoms with Crippen molar-refractivity contribution in [2.75, 3.05) is 36.1 Å². The van der Waals surface area contributed by atoms with Crippen molar-refractivity contribution >= 4 is 23.1 Å². The molecule has 0 aliphatic rings. The first-order chi connectivity index (χ1) is 16.7. The van der Waals surface area contributed by atoms with Crippen LogP contribution < -0.4 is 31.9 Å². The van der Waals surface area contributed by atoms with E-state index in [1.54, 1.807) is 11.0 Å². The Morgan fingerprint density at radius 3 is 2.54 bits per heavy atom. The Labute approximate surface area is 204 Å². The first-order valence-corrected chi connectivity index (χ1v) is 11.6. The first kappa shape index (κ1) is 25.6. The maximum atomic E-state index is 13.1. The molecule has 2 aromatic carbocycles. The summed E-state index contributed by atoms with van der Waals surface area (Å²) < 4.78 is 6.67. The summed E-state index contributed by atoms with van der Waals surface area (Å²) in [6.45, 7) is 6.51. The number of benzene rings is 2. The van der Waals surface area contributed by atoms with Gasteiger partial charge in [0.05, 0.1) is 25.9 Å². The molecule has 0 aliphatic carbocycles. The van der Waals surface area contributed by atoms with E-state index in [1.807, 2.05) is 49.4 Å². The number of ether oxygens (including phenoxy) is 1. The van der Waals surface area contributed by atoms with Gasteiger partial charge in [-0.25, -0.2) is 4.79 Å². The molecule has 0 unspecified atom stereocenters. The molecule has 0 spiro atoms. The lowest BCUT2D eigenvalue weighted by molar-refractivity contribution is -0.115. The van der Waals surface area contributed by atoms with Gasteiger partial charge in [0.15, 0.2) is 0 Å². The minimum absolute atomic E-state index is 0.0206. The summed E-state index contributed by atoms with van der Waals surface area (Å²) in [7, 11) is 1.53. The zero-order valence-electron chi connectivity index (χ0n) is 20.6. The third kappa shape index (κ3) is 6.53. The minimum atomic E-state index is -0.624. The predicted molar refractivity (Wildman–Crippen MR) is 139 cm³/mol. The van der Waals surface area contributed by atoms with Crippen molar-refractivity contribution in [1.82, 2.24) is 9.55 Å². The number of nitrogens with two attached hydrogens (primary N) is 1. The molecule has 1 aromatic heterocycles. The summed E-state index contributed by atoms with van der Waals surface area (Å²) >= 11 is 0. The average molecular weight is 480 g/mol. The Morgan fingerprint density at radius 2 is 1.89 bits per heavy atom. The smallest absolute Gasteiger partial charge is 0.330 e. The molecule has 9 heteroatoms. The van der Waals surface area contributed by atoms with Crippen LogP contribution in [0.5, 0.6) is 5.75 Å². The van der Waals surface area contributed by atoms with Crippen LogP contribution in [-0.4, -0.2) is 35.7 Å². The van der Waals surface area contributed by atoms with Gasteiger partial charge in [-0.1, -0.05) is 50.2 Å².